The van der Waals surface area contributed by atoms with Crippen molar-refractivity contribution in [3.8, 4) is 0 Å². The molecule has 0 spiro atoms. The van der Waals surface area contributed by atoms with E-state index in [4.69, 9.17) is 0 Å². The monoisotopic (exact) mass is 275 g/mol. The molecule has 20 heavy (non-hydrogen) atoms. The van der Waals surface area contributed by atoms with Gasteiger partial charge in [-0.25, -0.2) is 0 Å². The molecular formula is C15H24BN2O2. The van der Waals surface area contributed by atoms with Gasteiger partial charge in [0.15, 0.2) is 0 Å². The average Bonchev–Trinajstić information content (AvgIpc) is 2.44. The summed E-state index contributed by atoms with van der Waals surface area (Å²) in [5, 5.41) is 16.5. The van der Waals surface area contributed by atoms with Gasteiger partial charge in [0, 0.05) is 12.6 Å². The second-order valence-corrected chi connectivity index (χ2v) is 5.39. The van der Waals surface area contributed by atoms with Crippen LogP contribution in [0.3, 0.4) is 0 Å². The van der Waals surface area contributed by atoms with Gasteiger partial charge in [-0.3, -0.25) is 0 Å². The second kappa shape index (κ2) is 9.69. The molecule has 109 valence electrons. The fraction of sp³-hybridized carbons (Fsp3) is 0.533. The lowest BCUT2D eigenvalue weighted by atomic mass is 9.91. The first-order valence-electron chi connectivity index (χ1n) is 7.09. The first-order chi connectivity index (χ1) is 9.63. The van der Waals surface area contributed by atoms with E-state index in [0.717, 1.165) is 12.1 Å². The molecule has 0 heterocycles. The normalized spacial score (nSPS) is 14.0. The van der Waals surface area contributed by atoms with E-state index in [2.05, 4.69) is 24.4 Å². The number of carbonyl (C=O) groups excluding carboxylic acids is 1. The van der Waals surface area contributed by atoms with Crippen molar-refractivity contribution in [3.63, 3.8) is 0 Å². The third-order valence-corrected chi connectivity index (χ3v) is 3.05. The molecule has 1 rings (SSSR count). The Balaban J connectivity index is 2.51. The molecule has 0 saturated heterocycles. The van der Waals surface area contributed by atoms with Gasteiger partial charge in [0.05, 0.1) is 12.3 Å². The standard InChI is InChI=1S/C15H24BN2O2/c1-12(2)9-17-10-15(20)14(18-16-11-19)8-13-6-4-3-5-7-13/h3-7,11-12,14-15,17-18,20H,8-10H2,1-2H3/t14-,15+/m0/s1. The first kappa shape index (κ1) is 16.9. The van der Waals surface area contributed by atoms with Crippen molar-refractivity contribution < 1.29 is 9.90 Å². The predicted molar refractivity (Wildman–Crippen MR) is 83.3 cm³/mol. The molecule has 0 saturated carbocycles. The highest BCUT2D eigenvalue weighted by molar-refractivity contribution is 6.64. The van der Waals surface area contributed by atoms with E-state index in [1.165, 1.54) is 7.41 Å². The van der Waals surface area contributed by atoms with E-state index < -0.39 is 6.10 Å². The number of rotatable bonds is 10. The van der Waals surface area contributed by atoms with Crippen molar-refractivity contribution in [1.29, 1.82) is 0 Å². The summed E-state index contributed by atoms with van der Waals surface area (Å²) >= 11 is 0. The highest BCUT2D eigenvalue weighted by atomic mass is 16.3. The molecular weight excluding hydrogens is 251 g/mol. The number of hydrogen-bond donors (Lipinski definition) is 3. The van der Waals surface area contributed by atoms with Gasteiger partial charge in [0.25, 0.3) is 7.41 Å². The minimum absolute atomic E-state index is 0.178. The molecule has 1 aromatic carbocycles. The van der Waals surface area contributed by atoms with Crippen molar-refractivity contribution in [2.45, 2.75) is 32.4 Å². The van der Waals surface area contributed by atoms with E-state index >= 15 is 0 Å². The number of hydrogen-bond acceptors (Lipinski definition) is 4. The van der Waals surface area contributed by atoms with Crippen molar-refractivity contribution in [2.75, 3.05) is 13.1 Å². The number of aliphatic hydroxyl groups is 1. The number of benzene rings is 1. The first-order valence-corrected chi connectivity index (χ1v) is 7.09. The lowest BCUT2D eigenvalue weighted by molar-refractivity contribution is 0.134. The van der Waals surface area contributed by atoms with Gasteiger partial charge < -0.3 is 20.4 Å². The fourth-order valence-electron chi connectivity index (χ4n) is 2.00. The highest BCUT2D eigenvalue weighted by Gasteiger charge is 2.18. The smallest absolute Gasteiger partial charge is 0.290 e. The van der Waals surface area contributed by atoms with Crippen LogP contribution in [0.4, 0.5) is 0 Å². The van der Waals surface area contributed by atoms with Gasteiger partial charge in [0.2, 0.25) is 0 Å². The summed E-state index contributed by atoms with van der Waals surface area (Å²) in [5.74, 6) is 0.546. The summed E-state index contributed by atoms with van der Waals surface area (Å²) in [6, 6.07) is 9.76. The summed E-state index contributed by atoms with van der Waals surface area (Å²) in [4.78, 5) is 10.5. The molecule has 0 fully saturated rings. The Bertz CT molecular complexity index is 373. The zero-order chi connectivity index (χ0) is 14.8. The summed E-state index contributed by atoms with van der Waals surface area (Å²) in [7, 11) is 1.35. The third-order valence-electron chi connectivity index (χ3n) is 3.05. The van der Waals surface area contributed by atoms with Crippen LogP contribution >= 0.6 is 0 Å². The molecule has 0 aliphatic rings. The minimum Gasteiger partial charge on any atom is -0.390 e. The summed E-state index contributed by atoms with van der Waals surface area (Å²) in [6.07, 6.45) is 0.826. The van der Waals surface area contributed by atoms with Crippen molar-refractivity contribution in [3.05, 3.63) is 35.9 Å². The van der Waals surface area contributed by atoms with Gasteiger partial charge in [0.1, 0.15) is 0 Å². The average molecular weight is 275 g/mol. The second-order valence-electron chi connectivity index (χ2n) is 5.39. The minimum atomic E-state index is -0.551. The summed E-state index contributed by atoms with van der Waals surface area (Å²) in [6.45, 7) is 5.63. The van der Waals surface area contributed by atoms with Crippen molar-refractivity contribution >= 4 is 13.6 Å². The lowest BCUT2D eigenvalue weighted by Crippen LogP contribution is -2.48. The van der Waals surface area contributed by atoms with E-state index in [0.29, 0.717) is 25.1 Å². The Morgan fingerprint density at radius 1 is 1.25 bits per heavy atom. The Morgan fingerprint density at radius 3 is 2.55 bits per heavy atom. The molecule has 0 aromatic heterocycles. The van der Waals surface area contributed by atoms with Gasteiger partial charge in [-0.2, -0.15) is 0 Å². The molecule has 1 radical (unpaired) electrons. The van der Waals surface area contributed by atoms with Crippen LogP contribution in [0.15, 0.2) is 30.3 Å². The van der Waals surface area contributed by atoms with Gasteiger partial charge in [-0.05, 0) is 24.4 Å². The molecule has 0 bridgehead atoms. The largest absolute Gasteiger partial charge is 0.390 e. The molecule has 0 aliphatic heterocycles. The SMILES string of the molecule is CC(C)CNC[C@@H](O)[C@H](Cc1ccccc1)N[B]C=O. The maximum atomic E-state index is 10.5. The molecule has 3 N–H and O–H groups in total. The van der Waals surface area contributed by atoms with E-state index in [1.54, 1.807) is 0 Å². The number of carbonyl (C=O) groups is 1. The summed E-state index contributed by atoms with van der Waals surface area (Å²) < 4.78 is 0. The van der Waals surface area contributed by atoms with Crippen LogP contribution in [-0.2, 0) is 11.2 Å². The molecule has 2 atom stereocenters. The van der Waals surface area contributed by atoms with E-state index in [9.17, 15) is 9.90 Å². The third kappa shape index (κ3) is 6.84. The zero-order valence-corrected chi connectivity index (χ0v) is 12.3. The van der Waals surface area contributed by atoms with Gasteiger partial charge in [-0.15, -0.1) is 0 Å². The zero-order valence-electron chi connectivity index (χ0n) is 12.3. The molecule has 0 unspecified atom stereocenters. The van der Waals surface area contributed by atoms with Gasteiger partial charge >= 0.3 is 0 Å². The lowest BCUT2D eigenvalue weighted by Gasteiger charge is -2.24. The number of nitrogens with one attached hydrogen (secondary N) is 2. The Labute approximate surface area is 122 Å². The molecule has 1 aromatic rings. The molecule has 0 amide bonds. The summed E-state index contributed by atoms with van der Waals surface area (Å²) in [5.41, 5.74) is 1.13. The van der Waals surface area contributed by atoms with Crippen LogP contribution in [0.25, 0.3) is 0 Å². The number of aliphatic hydroxyl groups excluding tert-OH is 1. The molecule has 0 aliphatic carbocycles. The van der Waals surface area contributed by atoms with Crippen LogP contribution in [0, 0.1) is 5.92 Å². The van der Waals surface area contributed by atoms with Crippen molar-refractivity contribution in [2.24, 2.45) is 5.92 Å². The fourth-order valence-corrected chi connectivity index (χ4v) is 2.00. The quantitative estimate of drug-likeness (QED) is 0.432. The maximum Gasteiger partial charge on any atom is 0.290 e. The van der Waals surface area contributed by atoms with Crippen molar-refractivity contribution in [1.82, 2.24) is 10.5 Å². The molecule has 4 nitrogen and oxygen atoms in total. The van der Waals surface area contributed by atoms with Crippen LogP contribution in [0.1, 0.15) is 19.4 Å². The Morgan fingerprint density at radius 2 is 1.95 bits per heavy atom. The van der Waals surface area contributed by atoms with Crippen LogP contribution in [-0.4, -0.2) is 43.9 Å². The predicted octanol–water partition coefficient (Wildman–Crippen LogP) is 0.603. The van der Waals surface area contributed by atoms with E-state index in [1.807, 2.05) is 30.3 Å². The van der Waals surface area contributed by atoms with E-state index in [-0.39, 0.29) is 6.04 Å². The Kier molecular flexibility index (Phi) is 8.19. The van der Waals surface area contributed by atoms with Crippen LogP contribution in [0.5, 0.6) is 0 Å². The van der Waals surface area contributed by atoms with Crippen LogP contribution in [0.2, 0.25) is 0 Å². The van der Waals surface area contributed by atoms with Crippen LogP contribution < -0.4 is 10.5 Å². The van der Waals surface area contributed by atoms with Gasteiger partial charge in [-0.1, -0.05) is 44.2 Å². The molecule has 5 heteroatoms. The Hall–Kier alpha value is -1.17. The maximum absolute atomic E-state index is 10.5. The highest BCUT2D eigenvalue weighted by Crippen LogP contribution is 2.06. The topological polar surface area (TPSA) is 61.4 Å².